The van der Waals surface area contributed by atoms with Crippen molar-refractivity contribution >= 4 is 23.3 Å². The first-order chi connectivity index (χ1) is 10.0. The largest absolute Gasteiger partial charge is 0.481 e. The number of methoxy groups -OCH3 is 1. The lowest BCUT2D eigenvalue weighted by atomic mass is 9.97. The van der Waals surface area contributed by atoms with Gasteiger partial charge in [0.2, 0.25) is 0 Å². The zero-order valence-electron chi connectivity index (χ0n) is 11.7. The van der Waals surface area contributed by atoms with E-state index in [-0.39, 0.29) is 17.4 Å². The number of hydrogen-bond donors (Lipinski definition) is 2. The van der Waals surface area contributed by atoms with Gasteiger partial charge in [0.25, 0.3) is 0 Å². The summed E-state index contributed by atoms with van der Waals surface area (Å²) >= 11 is 1.16. The standard InChI is InChI=1S/C13H18N2O5S/c1-20-7-9-11(13(18)19)21-10(14-9)6-15-4-2-8(3-5-15)12(16)17/h8H,2-7H2,1H3,(H,16,17)(H,18,19). The molecule has 116 valence electrons. The van der Waals surface area contributed by atoms with E-state index in [0.29, 0.717) is 38.2 Å². The third-order valence-corrected chi connectivity index (χ3v) is 4.58. The van der Waals surface area contributed by atoms with Gasteiger partial charge in [-0.3, -0.25) is 9.69 Å². The molecular weight excluding hydrogens is 296 g/mol. The molecule has 0 unspecified atom stereocenters. The lowest BCUT2D eigenvalue weighted by molar-refractivity contribution is -0.143. The number of piperidine rings is 1. The second-order valence-electron chi connectivity index (χ2n) is 5.01. The molecule has 0 radical (unpaired) electrons. The maximum absolute atomic E-state index is 11.2. The molecule has 1 aromatic rings. The number of ether oxygens (including phenoxy) is 1. The highest BCUT2D eigenvalue weighted by Gasteiger charge is 2.25. The molecule has 21 heavy (non-hydrogen) atoms. The van der Waals surface area contributed by atoms with Crippen molar-refractivity contribution < 1.29 is 24.5 Å². The van der Waals surface area contributed by atoms with Gasteiger partial charge in [-0.05, 0) is 25.9 Å². The summed E-state index contributed by atoms with van der Waals surface area (Å²) in [5.74, 6) is -1.99. The van der Waals surface area contributed by atoms with E-state index in [0.717, 1.165) is 16.3 Å². The predicted molar refractivity (Wildman–Crippen MR) is 75.4 cm³/mol. The molecular formula is C13H18N2O5S. The van der Waals surface area contributed by atoms with Crippen molar-refractivity contribution in [3.8, 4) is 0 Å². The molecule has 1 aromatic heterocycles. The van der Waals surface area contributed by atoms with Crippen LogP contribution in [0.25, 0.3) is 0 Å². The van der Waals surface area contributed by atoms with Crippen molar-refractivity contribution in [3.05, 3.63) is 15.6 Å². The van der Waals surface area contributed by atoms with Gasteiger partial charge in [-0.1, -0.05) is 0 Å². The Labute approximate surface area is 126 Å². The van der Waals surface area contributed by atoms with E-state index in [1.54, 1.807) is 0 Å². The van der Waals surface area contributed by atoms with Gasteiger partial charge in [0.15, 0.2) is 0 Å². The number of carboxylic acid groups (broad SMARTS) is 2. The monoisotopic (exact) mass is 314 g/mol. The number of carbonyl (C=O) groups is 2. The number of aromatic nitrogens is 1. The molecule has 0 aromatic carbocycles. The molecule has 2 N–H and O–H groups in total. The average Bonchev–Trinajstić information content (AvgIpc) is 2.83. The van der Waals surface area contributed by atoms with Crippen LogP contribution in [-0.4, -0.2) is 52.2 Å². The van der Waals surface area contributed by atoms with Crippen molar-refractivity contribution in [2.24, 2.45) is 5.92 Å². The van der Waals surface area contributed by atoms with Crippen LogP contribution in [0, 0.1) is 5.92 Å². The maximum Gasteiger partial charge on any atom is 0.347 e. The molecule has 1 fully saturated rings. The Kier molecular flexibility index (Phi) is 5.27. The van der Waals surface area contributed by atoms with Gasteiger partial charge in [0.1, 0.15) is 9.88 Å². The molecule has 0 bridgehead atoms. The van der Waals surface area contributed by atoms with Gasteiger partial charge in [-0.2, -0.15) is 0 Å². The fourth-order valence-corrected chi connectivity index (χ4v) is 3.35. The highest BCUT2D eigenvalue weighted by molar-refractivity contribution is 7.13. The highest BCUT2D eigenvalue weighted by atomic mass is 32.1. The number of aromatic carboxylic acids is 1. The molecule has 0 saturated carbocycles. The zero-order valence-corrected chi connectivity index (χ0v) is 12.6. The third-order valence-electron chi connectivity index (χ3n) is 3.51. The van der Waals surface area contributed by atoms with Crippen LogP contribution >= 0.6 is 11.3 Å². The first kappa shape index (κ1) is 15.9. The number of likely N-dealkylation sites (tertiary alicyclic amines) is 1. The predicted octanol–water partition coefficient (Wildman–Crippen LogP) is 1.28. The average molecular weight is 314 g/mol. The number of thiazole rings is 1. The molecule has 8 heteroatoms. The maximum atomic E-state index is 11.2. The highest BCUT2D eigenvalue weighted by Crippen LogP contribution is 2.24. The molecule has 7 nitrogen and oxygen atoms in total. The van der Waals surface area contributed by atoms with Crippen LogP contribution in [-0.2, 0) is 22.7 Å². The SMILES string of the molecule is COCc1nc(CN2CCC(C(=O)O)CC2)sc1C(=O)O. The van der Waals surface area contributed by atoms with Gasteiger partial charge in [0.05, 0.1) is 24.8 Å². The molecule has 1 saturated heterocycles. The normalized spacial score (nSPS) is 17.0. The topological polar surface area (TPSA) is 100.0 Å². The number of rotatable bonds is 6. The summed E-state index contributed by atoms with van der Waals surface area (Å²) in [7, 11) is 1.50. The fourth-order valence-electron chi connectivity index (χ4n) is 2.40. The summed E-state index contributed by atoms with van der Waals surface area (Å²) in [6.07, 6.45) is 1.24. The molecule has 1 aliphatic rings. The van der Waals surface area contributed by atoms with Crippen molar-refractivity contribution in [3.63, 3.8) is 0 Å². The van der Waals surface area contributed by atoms with Crippen LogP contribution in [0.1, 0.15) is 33.2 Å². The van der Waals surface area contributed by atoms with Crippen LogP contribution in [0.3, 0.4) is 0 Å². The number of carboxylic acids is 2. The van der Waals surface area contributed by atoms with E-state index in [2.05, 4.69) is 9.88 Å². The Hall–Kier alpha value is -1.51. The zero-order chi connectivity index (χ0) is 15.4. The lowest BCUT2D eigenvalue weighted by Crippen LogP contribution is -2.35. The Morgan fingerprint density at radius 3 is 2.57 bits per heavy atom. The minimum absolute atomic E-state index is 0.180. The molecule has 2 heterocycles. The second-order valence-corrected chi connectivity index (χ2v) is 6.09. The molecule has 0 spiro atoms. The Morgan fingerprint density at radius 2 is 2.05 bits per heavy atom. The second kappa shape index (κ2) is 6.97. The number of nitrogens with zero attached hydrogens (tertiary/aromatic N) is 2. The lowest BCUT2D eigenvalue weighted by Gasteiger charge is -2.29. The molecule has 0 aliphatic carbocycles. The molecule has 0 atom stereocenters. The van der Waals surface area contributed by atoms with E-state index < -0.39 is 11.9 Å². The summed E-state index contributed by atoms with van der Waals surface area (Å²) in [6, 6.07) is 0. The van der Waals surface area contributed by atoms with Gasteiger partial charge < -0.3 is 14.9 Å². The Balaban J connectivity index is 1.99. The molecule has 2 rings (SSSR count). The third kappa shape index (κ3) is 3.99. The summed E-state index contributed by atoms with van der Waals surface area (Å²) < 4.78 is 4.96. The van der Waals surface area contributed by atoms with Crippen LogP contribution in [0.5, 0.6) is 0 Å². The first-order valence-corrected chi connectivity index (χ1v) is 7.49. The van der Waals surface area contributed by atoms with Gasteiger partial charge in [-0.25, -0.2) is 9.78 Å². The smallest absolute Gasteiger partial charge is 0.347 e. The summed E-state index contributed by atoms with van der Waals surface area (Å²) in [5, 5.41) is 18.8. The van der Waals surface area contributed by atoms with E-state index in [9.17, 15) is 9.59 Å². The van der Waals surface area contributed by atoms with E-state index in [1.807, 2.05) is 0 Å². The van der Waals surface area contributed by atoms with Crippen LogP contribution < -0.4 is 0 Å². The van der Waals surface area contributed by atoms with E-state index in [1.165, 1.54) is 7.11 Å². The summed E-state index contributed by atoms with van der Waals surface area (Å²) in [5.41, 5.74) is 0.449. The van der Waals surface area contributed by atoms with Crippen LogP contribution in [0.2, 0.25) is 0 Å². The van der Waals surface area contributed by atoms with Crippen LogP contribution in [0.15, 0.2) is 0 Å². The van der Waals surface area contributed by atoms with Gasteiger partial charge in [-0.15, -0.1) is 11.3 Å². The van der Waals surface area contributed by atoms with Gasteiger partial charge in [0, 0.05) is 7.11 Å². The fraction of sp³-hybridized carbons (Fsp3) is 0.615. The van der Waals surface area contributed by atoms with Gasteiger partial charge >= 0.3 is 11.9 Å². The number of aliphatic carboxylic acids is 1. The van der Waals surface area contributed by atoms with Crippen molar-refractivity contribution in [2.45, 2.75) is 26.0 Å². The van der Waals surface area contributed by atoms with E-state index >= 15 is 0 Å². The summed E-state index contributed by atoms with van der Waals surface area (Å²) in [6.45, 7) is 2.12. The van der Waals surface area contributed by atoms with Crippen LogP contribution in [0.4, 0.5) is 0 Å². The Bertz CT molecular complexity index is 523. The van der Waals surface area contributed by atoms with Crippen molar-refractivity contribution in [2.75, 3.05) is 20.2 Å². The van der Waals surface area contributed by atoms with E-state index in [4.69, 9.17) is 14.9 Å². The molecule has 0 amide bonds. The first-order valence-electron chi connectivity index (χ1n) is 6.67. The minimum atomic E-state index is -0.990. The number of hydrogen-bond acceptors (Lipinski definition) is 6. The van der Waals surface area contributed by atoms with Crippen molar-refractivity contribution in [1.82, 2.24) is 9.88 Å². The quantitative estimate of drug-likeness (QED) is 0.816. The Morgan fingerprint density at radius 1 is 1.38 bits per heavy atom. The summed E-state index contributed by atoms with van der Waals surface area (Å²) in [4.78, 5) is 28.7. The minimum Gasteiger partial charge on any atom is -0.481 e. The molecule has 1 aliphatic heterocycles. The van der Waals surface area contributed by atoms with Crippen molar-refractivity contribution in [1.29, 1.82) is 0 Å².